The number of nitrogens with zero attached hydrogens (tertiary/aromatic N) is 1. The predicted molar refractivity (Wildman–Crippen MR) is 80.3 cm³/mol. The highest BCUT2D eigenvalue weighted by Gasteiger charge is 2.17. The van der Waals surface area contributed by atoms with E-state index in [2.05, 4.69) is 17.3 Å². The van der Waals surface area contributed by atoms with Crippen LogP contribution in [0.3, 0.4) is 0 Å². The number of rotatable bonds is 6. The summed E-state index contributed by atoms with van der Waals surface area (Å²) in [5.74, 6) is 5.58. The first-order valence-corrected chi connectivity index (χ1v) is 6.91. The van der Waals surface area contributed by atoms with Gasteiger partial charge < -0.3 is 4.74 Å². The maximum atomic E-state index is 14.3. The number of hydrogen-bond acceptors (Lipinski definition) is 4. The molecule has 0 fully saturated rings. The van der Waals surface area contributed by atoms with Crippen LogP contribution in [0, 0.1) is 5.82 Å². The number of benzene rings is 1. The average Bonchev–Trinajstić information content (AvgIpc) is 2.54. The maximum Gasteiger partial charge on any atom is 0.168 e. The lowest BCUT2D eigenvalue weighted by Gasteiger charge is -2.20. The van der Waals surface area contributed by atoms with Gasteiger partial charge in [0.2, 0.25) is 0 Å². The second-order valence-corrected chi connectivity index (χ2v) is 4.78. The van der Waals surface area contributed by atoms with Gasteiger partial charge in [0.15, 0.2) is 11.6 Å². The number of nitrogens with one attached hydrogen (secondary N) is 1. The second kappa shape index (κ2) is 7.15. The average molecular weight is 289 g/mol. The molecule has 21 heavy (non-hydrogen) atoms. The van der Waals surface area contributed by atoms with E-state index in [1.54, 1.807) is 24.4 Å². The molecule has 0 saturated heterocycles. The molecule has 5 heteroatoms. The van der Waals surface area contributed by atoms with Gasteiger partial charge >= 0.3 is 0 Å². The Labute approximate surface area is 124 Å². The minimum Gasteiger partial charge on any atom is -0.494 e. The number of methoxy groups -OCH3 is 1. The maximum absolute atomic E-state index is 14.3. The van der Waals surface area contributed by atoms with Crippen LogP contribution in [0.5, 0.6) is 5.75 Å². The van der Waals surface area contributed by atoms with Crippen molar-refractivity contribution in [3.05, 3.63) is 59.2 Å². The van der Waals surface area contributed by atoms with Gasteiger partial charge in [0.1, 0.15) is 0 Å². The van der Waals surface area contributed by atoms with Crippen molar-refractivity contribution in [2.45, 2.75) is 25.8 Å². The SMILES string of the molecule is CCc1cnccc1C(Cc1cccc(OC)c1F)NN. The van der Waals surface area contributed by atoms with Crippen molar-refractivity contribution in [3.63, 3.8) is 0 Å². The van der Waals surface area contributed by atoms with Gasteiger partial charge in [0, 0.05) is 12.4 Å². The Morgan fingerprint density at radius 3 is 2.81 bits per heavy atom. The highest BCUT2D eigenvalue weighted by molar-refractivity contribution is 5.34. The Morgan fingerprint density at radius 1 is 1.33 bits per heavy atom. The van der Waals surface area contributed by atoms with Gasteiger partial charge in [0.05, 0.1) is 13.2 Å². The van der Waals surface area contributed by atoms with Crippen LogP contribution in [0.25, 0.3) is 0 Å². The van der Waals surface area contributed by atoms with Crippen LogP contribution in [0.4, 0.5) is 4.39 Å². The van der Waals surface area contributed by atoms with Crippen LogP contribution < -0.4 is 16.0 Å². The van der Waals surface area contributed by atoms with E-state index < -0.39 is 0 Å². The van der Waals surface area contributed by atoms with E-state index in [4.69, 9.17) is 10.6 Å². The van der Waals surface area contributed by atoms with E-state index in [0.29, 0.717) is 12.0 Å². The van der Waals surface area contributed by atoms with Crippen LogP contribution in [-0.2, 0) is 12.8 Å². The van der Waals surface area contributed by atoms with E-state index in [0.717, 1.165) is 17.5 Å². The Bertz CT molecular complexity index is 604. The summed E-state index contributed by atoms with van der Waals surface area (Å²) in [6, 6.07) is 6.87. The van der Waals surface area contributed by atoms with Crippen molar-refractivity contribution in [2.75, 3.05) is 7.11 Å². The fourth-order valence-electron chi connectivity index (χ4n) is 2.42. The smallest absolute Gasteiger partial charge is 0.168 e. The first-order chi connectivity index (χ1) is 10.2. The molecular formula is C16H20FN3O. The van der Waals surface area contributed by atoms with Gasteiger partial charge in [0.25, 0.3) is 0 Å². The van der Waals surface area contributed by atoms with Crippen LogP contribution in [0.15, 0.2) is 36.7 Å². The van der Waals surface area contributed by atoms with Crippen LogP contribution in [0.1, 0.15) is 29.7 Å². The van der Waals surface area contributed by atoms with Crippen molar-refractivity contribution in [1.29, 1.82) is 0 Å². The summed E-state index contributed by atoms with van der Waals surface area (Å²) in [7, 11) is 1.46. The van der Waals surface area contributed by atoms with Gasteiger partial charge in [-0.1, -0.05) is 19.1 Å². The molecule has 112 valence electrons. The molecule has 1 aromatic carbocycles. The fourth-order valence-corrected chi connectivity index (χ4v) is 2.42. The Balaban J connectivity index is 2.31. The second-order valence-electron chi connectivity index (χ2n) is 4.78. The molecule has 0 radical (unpaired) electrons. The minimum atomic E-state index is -0.340. The zero-order valence-corrected chi connectivity index (χ0v) is 12.3. The lowest BCUT2D eigenvalue weighted by molar-refractivity contribution is 0.382. The van der Waals surface area contributed by atoms with Gasteiger partial charge in [-0.25, -0.2) is 4.39 Å². The lowest BCUT2D eigenvalue weighted by atomic mass is 9.95. The van der Waals surface area contributed by atoms with Crippen molar-refractivity contribution >= 4 is 0 Å². The number of ether oxygens (including phenoxy) is 1. The number of hydrogen-bond donors (Lipinski definition) is 2. The quantitative estimate of drug-likeness (QED) is 0.634. The van der Waals surface area contributed by atoms with Gasteiger partial charge in [-0.2, -0.15) is 0 Å². The van der Waals surface area contributed by atoms with Crippen molar-refractivity contribution in [3.8, 4) is 5.75 Å². The zero-order chi connectivity index (χ0) is 15.2. The van der Waals surface area contributed by atoms with Gasteiger partial charge in [-0.15, -0.1) is 0 Å². The van der Waals surface area contributed by atoms with Crippen molar-refractivity contribution in [2.24, 2.45) is 5.84 Å². The number of halogens is 1. The van der Waals surface area contributed by atoms with Gasteiger partial charge in [-0.3, -0.25) is 16.3 Å². The molecule has 2 aromatic rings. The van der Waals surface area contributed by atoms with E-state index >= 15 is 0 Å². The summed E-state index contributed by atoms with van der Waals surface area (Å²) < 4.78 is 19.3. The highest BCUT2D eigenvalue weighted by Crippen LogP contribution is 2.26. The number of pyridine rings is 1. The monoisotopic (exact) mass is 289 g/mol. The Morgan fingerprint density at radius 2 is 2.14 bits per heavy atom. The number of aryl methyl sites for hydroxylation is 1. The van der Waals surface area contributed by atoms with Crippen molar-refractivity contribution < 1.29 is 9.13 Å². The van der Waals surface area contributed by atoms with E-state index in [1.165, 1.54) is 7.11 Å². The molecule has 1 unspecified atom stereocenters. The van der Waals surface area contributed by atoms with Crippen molar-refractivity contribution in [1.82, 2.24) is 10.4 Å². The molecule has 0 aliphatic rings. The molecule has 1 aromatic heterocycles. The molecule has 4 nitrogen and oxygen atoms in total. The summed E-state index contributed by atoms with van der Waals surface area (Å²) in [6.45, 7) is 2.06. The molecule has 3 N–H and O–H groups in total. The molecule has 2 rings (SSSR count). The molecule has 1 atom stereocenters. The fraction of sp³-hybridized carbons (Fsp3) is 0.312. The summed E-state index contributed by atoms with van der Waals surface area (Å²) in [5, 5.41) is 0. The highest BCUT2D eigenvalue weighted by atomic mass is 19.1. The summed E-state index contributed by atoms with van der Waals surface area (Å²) in [6.07, 6.45) is 4.83. The molecule has 0 spiro atoms. The number of aromatic nitrogens is 1. The summed E-state index contributed by atoms with van der Waals surface area (Å²) in [5.41, 5.74) is 5.48. The number of nitrogens with two attached hydrogens (primary N) is 1. The summed E-state index contributed by atoms with van der Waals surface area (Å²) in [4.78, 5) is 4.12. The molecule has 0 amide bonds. The normalized spacial score (nSPS) is 12.2. The first kappa shape index (κ1) is 15.4. The Hall–Kier alpha value is -1.98. The van der Waals surface area contributed by atoms with E-state index in [1.807, 2.05) is 12.3 Å². The molecule has 1 heterocycles. The largest absolute Gasteiger partial charge is 0.494 e. The third-order valence-electron chi connectivity index (χ3n) is 3.59. The third-order valence-corrected chi connectivity index (χ3v) is 3.59. The van der Waals surface area contributed by atoms with Crippen LogP contribution in [-0.4, -0.2) is 12.1 Å². The molecule has 0 saturated carbocycles. The van der Waals surface area contributed by atoms with Crippen LogP contribution in [0.2, 0.25) is 0 Å². The lowest BCUT2D eigenvalue weighted by Crippen LogP contribution is -2.30. The molecular weight excluding hydrogens is 269 g/mol. The van der Waals surface area contributed by atoms with Gasteiger partial charge in [-0.05, 0) is 41.7 Å². The topological polar surface area (TPSA) is 60.2 Å². The molecule has 0 aliphatic heterocycles. The number of hydrazine groups is 1. The standard InChI is InChI=1S/C16H20FN3O/c1-3-11-10-19-8-7-13(11)14(20-18)9-12-5-4-6-15(21-2)16(12)17/h4-8,10,14,20H,3,9,18H2,1-2H3. The molecule has 0 aliphatic carbocycles. The third kappa shape index (κ3) is 3.37. The van der Waals surface area contributed by atoms with E-state index in [9.17, 15) is 4.39 Å². The minimum absolute atomic E-state index is 0.176. The van der Waals surface area contributed by atoms with E-state index in [-0.39, 0.29) is 17.6 Å². The zero-order valence-electron chi connectivity index (χ0n) is 12.3. The first-order valence-electron chi connectivity index (χ1n) is 6.91. The Kier molecular flexibility index (Phi) is 5.25. The van der Waals surface area contributed by atoms with Crippen LogP contribution >= 0.6 is 0 Å². The predicted octanol–water partition coefficient (Wildman–Crippen LogP) is 2.54. The molecule has 0 bridgehead atoms. The summed E-state index contributed by atoms with van der Waals surface area (Å²) >= 11 is 0.